The van der Waals surface area contributed by atoms with Crippen LogP contribution in [-0.4, -0.2) is 9.78 Å². The second kappa shape index (κ2) is 5.74. The number of aryl methyl sites for hydroxylation is 2. The third kappa shape index (κ3) is 2.85. The van der Waals surface area contributed by atoms with E-state index in [9.17, 15) is 0 Å². The Kier molecular flexibility index (Phi) is 3.80. The van der Waals surface area contributed by atoms with Crippen molar-refractivity contribution in [3.63, 3.8) is 0 Å². The van der Waals surface area contributed by atoms with Crippen molar-refractivity contribution in [2.24, 2.45) is 7.05 Å². The molecule has 0 bridgehead atoms. The summed E-state index contributed by atoms with van der Waals surface area (Å²) in [7, 11) is 1.98. The number of hydrogen-bond donors (Lipinski definition) is 1. The molecule has 108 valence electrons. The van der Waals surface area contributed by atoms with E-state index in [0.717, 1.165) is 17.9 Å². The fraction of sp³-hybridized carbons (Fsp3) is 0.235. The molecule has 4 heteroatoms. The summed E-state index contributed by atoms with van der Waals surface area (Å²) in [5.41, 5.74) is 4.65. The molecule has 1 aromatic carbocycles. The van der Waals surface area contributed by atoms with Gasteiger partial charge in [-0.25, -0.2) is 0 Å². The first-order valence-electron chi connectivity index (χ1n) is 7.03. The lowest BCUT2D eigenvalue weighted by molar-refractivity contribution is 0.731. The van der Waals surface area contributed by atoms with Gasteiger partial charge in [-0.3, -0.25) is 4.68 Å². The van der Waals surface area contributed by atoms with Crippen LogP contribution in [0.25, 0.3) is 10.4 Å². The Labute approximate surface area is 129 Å². The molecule has 0 aliphatic heterocycles. The van der Waals surface area contributed by atoms with Crippen molar-refractivity contribution < 1.29 is 0 Å². The van der Waals surface area contributed by atoms with Gasteiger partial charge in [0.1, 0.15) is 0 Å². The van der Waals surface area contributed by atoms with Gasteiger partial charge in [-0.1, -0.05) is 30.3 Å². The van der Waals surface area contributed by atoms with Gasteiger partial charge in [0, 0.05) is 23.3 Å². The smallest absolute Gasteiger partial charge is 0.0827 e. The first-order valence-corrected chi connectivity index (χ1v) is 7.85. The molecule has 0 fully saturated rings. The lowest BCUT2D eigenvalue weighted by atomic mass is 10.2. The molecule has 3 aromatic rings. The zero-order valence-electron chi connectivity index (χ0n) is 12.6. The van der Waals surface area contributed by atoms with Crippen molar-refractivity contribution in [2.45, 2.75) is 20.4 Å². The average Bonchev–Trinajstić information content (AvgIpc) is 3.05. The van der Waals surface area contributed by atoms with Crippen LogP contribution < -0.4 is 5.32 Å². The van der Waals surface area contributed by atoms with Gasteiger partial charge in [0.15, 0.2) is 0 Å². The molecule has 3 rings (SSSR count). The van der Waals surface area contributed by atoms with E-state index in [1.807, 2.05) is 36.1 Å². The van der Waals surface area contributed by atoms with Crippen molar-refractivity contribution in [1.29, 1.82) is 0 Å². The first kappa shape index (κ1) is 13.9. The Balaban J connectivity index is 1.73. The summed E-state index contributed by atoms with van der Waals surface area (Å²) >= 11 is 1.83. The van der Waals surface area contributed by atoms with E-state index in [4.69, 9.17) is 0 Å². The van der Waals surface area contributed by atoms with E-state index in [-0.39, 0.29) is 0 Å². The van der Waals surface area contributed by atoms with Crippen LogP contribution in [0.2, 0.25) is 0 Å². The predicted octanol–water partition coefficient (Wildman–Crippen LogP) is 4.38. The molecule has 0 aliphatic rings. The van der Waals surface area contributed by atoms with Crippen LogP contribution in [0.4, 0.5) is 5.69 Å². The summed E-state index contributed by atoms with van der Waals surface area (Å²) in [5, 5.41) is 7.94. The monoisotopic (exact) mass is 297 g/mol. The molecule has 1 N–H and O–H groups in total. The van der Waals surface area contributed by atoms with Gasteiger partial charge in [-0.2, -0.15) is 5.10 Å². The van der Waals surface area contributed by atoms with Gasteiger partial charge in [-0.15, -0.1) is 11.3 Å². The van der Waals surface area contributed by atoms with Gasteiger partial charge < -0.3 is 5.32 Å². The minimum absolute atomic E-state index is 0.838. The van der Waals surface area contributed by atoms with Crippen LogP contribution in [0.1, 0.15) is 16.3 Å². The van der Waals surface area contributed by atoms with Crippen LogP contribution in [-0.2, 0) is 13.6 Å². The van der Waals surface area contributed by atoms with Crippen molar-refractivity contribution in [2.75, 3.05) is 5.32 Å². The quantitative estimate of drug-likeness (QED) is 0.774. The van der Waals surface area contributed by atoms with Crippen LogP contribution in [0.3, 0.4) is 0 Å². The lowest BCUT2D eigenvalue weighted by Gasteiger charge is -2.05. The topological polar surface area (TPSA) is 29.9 Å². The molecule has 0 atom stereocenters. The molecular formula is C17H19N3S. The molecule has 2 aromatic heterocycles. The second-order valence-corrected chi connectivity index (χ2v) is 6.32. The standard InChI is InChI=1S/C17H19N3S/c1-12-17(13(2)20(3)19-12)18-11-15-9-10-16(21-15)14-7-5-4-6-8-14/h4-10,18H,11H2,1-3H3. The largest absolute Gasteiger partial charge is 0.377 e. The fourth-order valence-corrected chi connectivity index (χ4v) is 3.39. The Morgan fingerprint density at radius 2 is 1.86 bits per heavy atom. The van der Waals surface area contributed by atoms with E-state index in [1.54, 1.807) is 0 Å². The third-order valence-electron chi connectivity index (χ3n) is 3.67. The number of aromatic nitrogens is 2. The molecule has 0 amide bonds. The van der Waals surface area contributed by atoms with Crippen molar-refractivity contribution in [1.82, 2.24) is 9.78 Å². The van der Waals surface area contributed by atoms with Gasteiger partial charge in [0.05, 0.1) is 17.1 Å². The maximum Gasteiger partial charge on any atom is 0.0827 e. The maximum absolute atomic E-state index is 4.43. The lowest BCUT2D eigenvalue weighted by Crippen LogP contribution is -2.00. The van der Waals surface area contributed by atoms with Gasteiger partial charge in [0.25, 0.3) is 0 Å². The molecule has 0 saturated heterocycles. The molecule has 3 nitrogen and oxygen atoms in total. The highest BCUT2D eigenvalue weighted by Crippen LogP contribution is 2.29. The molecule has 0 radical (unpaired) electrons. The second-order valence-electron chi connectivity index (χ2n) is 5.15. The SMILES string of the molecule is Cc1nn(C)c(C)c1NCc1ccc(-c2ccccc2)s1. The molecule has 0 spiro atoms. The Morgan fingerprint density at radius 3 is 2.52 bits per heavy atom. The maximum atomic E-state index is 4.43. The Morgan fingerprint density at radius 1 is 1.10 bits per heavy atom. The zero-order chi connectivity index (χ0) is 14.8. The number of nitrogens with one attached hydrogen (secondary N) is 1. The average molecular weight is 297 g/mol. The number of benzene rings is 1. The van der Waals surface area contributed by atoms with Crippen LogP contribution in [0, 0.1) is 13.8 Å². The predicted molar refractivity (Wildman–Crippen MR) is 89.8 cm³/mol. The highest BCUT2D eigenvalue weighted by molar-refractivity contribution is 7.15. The summed E-state index contributed by atoms with van der Waals surface area (Å²) < 4.78 is 1.92. The van der Waals surface area contributed by atoms with Crippen LogP contribution in [0.15, 0.2) is 42.5 Å². The highest BCUT2D eigenvalue weighted by atomic mass is 32.1. The fourth-order valence-electron chi connectivity index (χ4n) is 2.44. The summed E-state index contributed by atoms with van der Waals surface area (Å²) in [5.74, 6) is 0. The summed E-state index contributed by atoms with van der Waals surface area (Å²) in [6, 6.07) is 14.9. The van der Waals surface area contributed by atoms with E-state index in [1.165, 1.54) is 21.0 Å². The number of rotatable bonds is 4. The van der Waals surface area contributed by atoms with Gasteiger partial charge in [-0.05, 0) is 31.5 Å². The molecular weight excluding hydrogens is 278 g/mol. The molecule has 0 unspecified atom stereocenters. The number of nitrogens with zero attached hydrogens (tertiary/aromatic N) is 2. The minimum atomic E-state index is 0.838. The molecule has 0 aliphatic carbocycles. The third-order valence-corrected chi connectivity index (χ3v) is 4.80. The van der Waals surface area contributed by atoms with E-state index < -0.39 is 0 Å². The molecule has 0 saturated carbocycles. The highest BCUT2D eigenvalue weighted by Gasteiger charge is 2.09. The minimum Gasteiger partial charge on any atom is -0.377 e. The van der Waals surface area contributed by atoms with E-state index >= 15 is 0 Å². The Bertz CT molecular complexity index is 741. The summed E-state index contributed by atoms with van der Waals surface area (Å²) in [4.78, 5) is 2.64. The van der Waals surface area contributed by atoms with Crippen molar-refractivity contribution >= 4 is 17.0 Å². The van der Waals surface area contributed by atoms with E-state index in [0.29, 0.717) is 0 Å². The molecule has 2 heterocycles. The van der Waals surface area contributed by atoms with Crippen molar-refractivity contribution in [3.8, 4) is 10.4 Å². The first-order chi connectivity index (χ1) is 10.1. The number of anilines is 1. The van der Waals surface area contributed by atoms with Gasteiger partial charge in [0.2, 0.25) is 0 Å². The summed E-state index contributed by atoms with van der Waals surface area (Å²) in [6.07, 6.45) is 0. The summed E-state index contributed by atoms with van der Waals surface area (Å²) in [6.45, 7) is 4.97. The zero-order valence-corrected chi connectivity index (χ0v) is 13.4. The molecule has 21 heavy (non-hydrogen) atoms. The Hall–Kier alpha value is -2.07. The van der Waals surface area contributed by atoms with E-state index in [2.05, 4.69) is 53.7 Å². The number of hydrogen-bond acceptors (Lipinski definition) is 3. The van der Waals surface area contributed by atoms with Gasteiger partial charge >= 0.3 is 0 Å². The van der Waals surface area contributed by atoms with Crippen LogP contribution in [0.5, 0.6) is 0 Å². The van der Waals surface area contributed by atoms with Crippen LogP contribution >= 0.6 is 11.3 Å². The normalized spacial score (nSPS) is 10.8. The van der Waals surface area contributed by atoms with Crippen molar-refractivity contribution in [3.05, 3.63) is 58.7 Å². The number of thiophene rings is 1.